The molecule has 0 atom stereocenters. The molecule has 2 rings (SSSR count). The Bertz CT molecular complexity index is 615. The number of carboxylic acid groups (broad SMARTS) is 1. The monoisotopic (exact) mass is 275 g/mol. The van der Waals surface area contributed by atoms with Crippen molar-refractivity contribution in [2.24, 2.45) is 0 Å². The number of pyridine rings is 1. The van der Waals surface area contributed by atoms with Gasteiger partial charge in [-0.1, -0.05) is 6.07 Å². The van der Waals surface area contributed by atoms with Gasteiger partial charge in [0, 0.05) is 18.6 Å². The standard InChI is InChI=1S/C15H21N3O2/c1-4-17(5-2)10-13-12(8-15(19)20)16-14-7-6-11(3)9-18(13)14/h6-7,9H,4-5,8,10H2,1-3H3,(H,19,20). The fourth-order valence-electron chi connectivity index (χ4n) is 2.45. The average Bonchev–Trinajstić information content (AvgIpc) is 2.72. The van der Waals surface area contributed by atoms with Crippen molar-refractivity contribution < 1.29 is 14.8 Å². The maximum atomic E-state index is 10.9. The van der Waals surface area contributed by atoms with Crippen molar-refractivity contribution in [3.05, 3.63) is 35.3 Å². The molecule has 108 valence electrons. The molecule has 0 aliphatic heterocycles. The summed E-state index contributed by atoms with van der Waals surface area (Å²) >= 11 is 0. The number of rotatable bonds is 6. The summed E-state index contributed by atoms with van der Waals surface area (Å²) in [6, 6.07) is 3.91. The van der Waals surface area contributed by atoms with Gasteiger partial charge in [0.1, 0.15) is 17.9 Å². The summed E-state index contributed by atoms with van der Waals surface area (Å²) in [5.74, 6) is -1.08. The van der Waals surface area contributed by atoms with E-state index in [1.165, 1.54) is 4.90 Å². The molecule has 0 aromatic carbocycles. The Balaban J connectivity index is 2.50. The first kappa shape index (κ1) is 14.5. The van der Waals surface area contributed by atoms with Crippen LogP contribution < -0.4 is 10.0 Å². The summed E-state index contributed by atoms with van der Waals surface area (Å²) in [6.45, 7) is 9.06. The van der Waals surface area contributed by atoms with Crippen molar-refractivity contribution in [1.82, 2.24) is 9.38 Å². The lowest BCUT2D eigenvalue weighted by Crippen LogP contribution is -3.10. The molecule has 1 N–H and O–H groups in total. The van der Waals surface area contributed by atoms with Crippen molar-refractivity contribution in [3.8, 4) is 0 Å². The Hall–Kier alpha value is -1.88. The van der Waals surface area contributed by atoms with Crippen LogP contribution in [0.1, 0.15) is 30.8 Å². The molecule has 5 nitrogen and oxygen atoms in total. The minimum Gasteiger partial charge on any atom is -0.550 e. The first-order chi connectivity index (χ1) is 9.55. The predicted octanol–water partition coefficient (Wildman–Crippen LogP) is -0.640. The molecular formula is C15H21N3O2. The number of nitrogens with one attached hydrogen (secondary N) is 1. The maximum absolute atomic E-state index is 10.9. The van der Waals surface area contributed by atoms with Gasteiger partial charge in [-0.15, -0.1) is 0 Å². The van der Waals surface area contributed by atoms with Gasteiger partial charge >= 0.3 is 0 Å². The summed E-state index contributed by atoms with van der Waals surface area (Å²) in [5, 5.41) is 10.9. The Morgan fingerprint density at radius 1 is 1.35 bits per heavy atom. The highest BCUT2D eigenvalue weighted by Gasteiger charge is 2.16. The van der Waals surface area contributed by atoms with Crippen LogP contribution in [0.3, 0.4) is 0 Å². The van der Waals surface area contributed by atoms with E-state index in [0.29, 0.717) is 5.69 Å². The van der Waals surface area contributed by atoms with Gasteiger partial charge < -0.3 is 14.8 Å². The topological polar surface area (TPSA) is 61.9 Å². The summed E-state index contributed by atoms with van der Waals surface area (Å²) in [4.78, 5) is 16.8. The van der Waals surface area contributed by atoms with Gasteiger partial charge in [0.2, 0.25) is 0 Å². The minimum absolute atomic E-state index is 0.128. The van der Waals surface area contributed by atoms with Gasteiger partial charge in [-0.3, -0.25) is 4.40 Å². The van der Waals surface area contributed by atoms with E-state index in [1.54, 1.807) is 0 Å². The first-order valence-corrected chi connectivity index (χ1v) is 7.05. The van der Waals surface area contributed by atoms with Crippen LogP contribution in [0, 0.1) is 6.92 Å². The molecule has 2 aromatic rings. The zero-order valence-electron chi connectivity index (χ0n) is 12.3. The second kappa shape index (κ2) is 6.05. The normalized spacial score (nSPS) is 11.4. The Morgan fingerprint density at radius 3 is 2.65 bits per heavy atom. The number of nitrogens with zero attached hydrogens (tertiary/aromatic N) is 2. The molecule has 0 spiro atoms. The number of aliphatic carboxylic acids is 1. The molecule has 0 unspecified atom stereocenters. The predicted molar refractivity (Wildman–Crippen MR) is 74.4 cm³/mol. The number of quaternary nitrogens is 1. The highest BCUT2D eigenvalue weighted by molar-refractivity contribution is 5.68. The van der Waals surface area contributed by atoms with Crippen LogP contribution in [0.5, 0.6) is 0 Å². The minimum atomic E-state index is -1.08. The molecule has 0 fully saturated rings. The molecule has 0 aliphatic rings. The van der Waals surface area contributed by atoms with Crippen molar-refractivity contribution in [3.63, 3.8) is 0 Å². The van der Waals surface area contributed by atoms with E-state index >= 15 is 0 Å². The Labute approximate surface area is 118 Å². The van der Waals surface area contributed by atoms with E-state index in [0.717, 1.165) is 36.5 Å². The third-order valence-corrected chi connectivity index (χ3v) is 3.68. The largest absolute Gasteiger partial charge is 0.550 e. The number of imidazole rings is 1. The molecule has 0 radical (unpaired) electrons. The molecule has 0 aliphatic carbocycles. The molecule has 2 heterocycles. The number of hydrogen-bond acceptors (Lipinski definition) is 3. The second-order valence-corrected chi connectivity index (χ2v) is 5.12. The summed E-state index contributed by atoms with van der Waals surface area (Å²) in [5.41, 5.74) is 3.53. The van der Waals surface area contributed by atoms with Crippen LogP contribution in [0.4, 0.5) is 0 Å². The van der Waals surface area contributed by atoms with Crippen LogP contribution in [0.25, 0.3) is 5.65 Å². The van der Waals surface area contributed by atoms with Crippen molar-refractivity contribution in [2.45, 2.75) is 33.7 Å². The number of hydrogen-bond donors (Lipinski definition) is 1. The number of fused-ring (bicyclic) bond motifs is 1. The van der Waals surface area contributed by atoms with Gasteiger partial charge in [0.25, 0.3) is 0 Å². The Kier molecular flexibility index (Phi) is 4.39. The lowest BCUT2D eigenvalue weighted by atomic mass is 10.2. The van der Waals surface area contributed by atoms with E-state index in [1.807, 2.05) is 29.7 Å². The lowest BCUT2D eigenvalue weighted by Gasteiger charge is -2.16. The number of carbonyl (C=O) groups is 1. The molecule has 0 saturated carbocycles. The quantitative estimate of drug-likeness (QED) is 0.763. The van der Waals surface area contributed by atoms with Gasteiger partial charge in [0.05, 0.1) is 18.8 Å². The summed E-state index contributed by atoms with van der Waals surface area (Å²) < 4.78 is 2.01. The summed E-state index contributed by atoms with van der Waals surface area (Å²) in [7, 11) is 0. The van der Waals surface area contributed by atoms with Gasteiger partial charge in [-0.2, -0.15) is 0 Å². The number of carboxylic acids is 1. The zero-order valence-corrected chi connectivity index (χ0v) is 12.3. The molecular weight excluding hydrogens is 254 g/mol. The third kappa shape index (κ3) is 2.99. The van der Waals surface area contributed by atoms with E-state index in [4.69, 9.17) is 0 Å². The van der Waals surface area contributed by atoms with Crippen LogP contribution >= 0.6 is 0 Å². The average molecular weight is 275 g/mol. The number of aromatic nitrogens is 2. The van der Waals surface area contributed by atoms with Crippen LogP contribution in [0.15, 0.2) is 18.3 Å². The maximum Gasteiger partial charge on any atom is 0.137 e. The fourth-order valence-corrected chi connectivity index (χ4v) is 2.45. The number of carbonyl (C=O) groups excluding carboxylic acids is 1. The van der Waals surface area contributed by atoms with Gasteiger partial charge in [0.15, 0.2) is 0 Å². The van der Waals surface area contributed by atoms with E-state index in [-0.39, 0.29) is 6.42 Å². The fraction of sp³-hybridized carbons (Fsp3) is 0.467. The first-order valence-electron chi connectivity index (χ1n) is 7.05. The molecule has 20 heavy (non-hydrogen) atoms. The molecule has 0 saturated heterocycles. The second-order valence-electron chi connectivity index (χ2n) is 5.12. The smallest absolute Gasteiger partial charge is 0.137 e. The van der Waals surface area contributed by atoms with Crippen LogP contribution in [-0.2, 0) is 17.8 Å². The lowest BCUT2D eigenvalue weighted by molar-refractivity contribution is -0.910. The highest BCUT2D eigenvalue weighted by atomic mass is 16.4. The molecule has 0 amide bonds. The molecule has 0 bridgehead atoms. The van der Waals surface area contributed by atoms with E-state index in [9.17, 15) is 9.90 Å². The van der Waals surface area contributed by atoms with Gasteiger partial charge in [-0.05, 0) is 32.4 Å². The summed E-state index contributed by atoms with van der Waals surface area (Å²) in [6.07, 6.45) is 1.89. The van der Waals surface area contributed by atoms with Crippen LogP contribution in [0.2, 0.25) is 0 Å². The highest BCUT2D eigenvalue weighted by Crippen LogP contribution is 2.14. The van der Waals surface area contributed by atoms with Crippen molar-refractivity contribution in [1.29, 1.82) is 0 Å². The molecule has 2 aromatic heterocycles. The van der Waals surface area contributed by atoms with Crippen LogP contribution in [-0.4, -0.2) is 28.4 Å². The SMILES string of the molecule is CC[NH+](CC)Cc1c(CC(=O)[O-])nc2ccc(C)cn12. The molecule has 5 heteroatoms. The van der Waals surface area contributed by atoms with Crippen molar-refractivity contribution >= 4 is 11.6 Å². The Morgan fingerprint density at radius 2 is 2.05 bits per heavy atom. The third-order valence-electron chi connectivity index (χ3n) is 3.68. The van der Waals surface area contributed by atoms with Gasteiger partial charge in [-0.25, -0.2) is 4.98 Å². The number of aryl methyl sites for hydroxylation is 1. The van der Waals surface area contributed by atoms with E-state index < -0.39 is 5.97 Å². The zero-order chi connectivity index (χ0) is 14.7. The van der Waals surface area contributed by atoms with E-state index in [2.05, 4.69) is 18.8 Å². The van der Waals surface area contributed by atoms with Crippen molar-refractivity contribution in [2.75, 3.05) is 13.1 Å².